The second-order valence-corrected chi connectivity index (χ2v) is 4.17. The maximum Gasteiger partial charge on any atom is 0.227 e. The lowest BCUT2D eigenvalue weighted by molar-refractivity contribution is -0.133. The molecular weight excluding hydrogens is 208 g/mol. The van der Waals surface area contributed by atoms with Crippen LogP contribution < -0.4 is 5.73 Å². The van der Waals surface area contributed by atoms with Crippen molar-refractivity contribution in [2.45, 2.75) is 18.9 Å². The summed E-state index contributed by atoms with van der Waals surface area (Å²) in [4.78, 5) is 13.8. The fourth-order valence-electron chi connectivity index (χ4n) is 1.67. The number of amides is 1. The van der Waals surface area contributed by atoms with Crippen molar-refractivity contribution >= 4 is 5.91 Å². The van der Waals surface area contributed by atoms with Gasteiger partial charge in [-0.05, 0) is 12.8 Å². The first-order chi connectivity index (χ1) is 7.70. The molecule has 94 valence electrons. The van der Waals surface area contributed by atoms with Crippen molar-refractivity contribution in [1.82, 2.24) is 4.90 Å². The third-order valence-electron chi connectivity index (χ3n) is 2.81. The second kappa shape index (κ2) is 6.83. The number of hydrogen-bond donors (Lipinski definition) is 1. The average molecular weight is 230 g/mol. The van der Waals surface area contributed by atoms with Gasteiger partial charge in [0.1, 0.15) is 0 Å². The van der Waals surface area contributed by atoms with Crippen molar-refractivity contribution < 1.29 is 14.3 Å². The highest BCUT2D eigenvalue weighted by molar-refractivity contribution is 5.82. The topological polar surface area (TPSA) is 64.8 Å². The molecule has 0 aromatic rings. The molecule has 0 bridgehead atoms. The number of ether oxygens (including phenoxy) is 2. The predicted octanol–water partition coefficient (Wildman–Crippen LogP) is -0.155. The van der Waals surface area contributed by atoms with Crippen LogP contribution in [0.1, 0.15) is 12.8 Å². The molecular formula is C11H22N2O3. The molecule has 1 fully saturated rings. The van der Waals surface area contributed by atoms with Crippen LogP contribution >= 0.6 is 0 Å². The smallest absolute Gasteiger partial charge is 0.227 e. The molecule has 5 heteroatoms. The molecule has 0 spiro atoms. The van der Waals surface area contributed by atoms with E-state index < -0.39 is 0 Å². The van der Waals surface area contributed by atoms with Crippen molar-refractivity contribution in [2.75, 3.05) is 40.5 Å². The molecule has 1 aliphatic rings. The summed E-state index contributed by atoms with van der Waals surface area (Å²) in [5.41, 5.74) is 5.69. The van der Waals surface area contributed by atoms with Gasteiger partial charge in [-0.2, -0.15) is 0 Å². The first kappa shape index (κ1) is 13.4. The fraction of sp³-hybridized carbons (Fsp3) is 0.909. The van der Waals surface area contributed by atoms with E-state index in [1.807, 2.05) is 4.90 Å². The molecule has 5 nitrogen and oxygen atoms in total. The minimum atomic E-state index is 0.0411. The molecule has 0 radical (unpaired) electrons. The zero-order valence-corrected chi connectivity index (χ0v) is 10.1. The van der Waals surface area contributed by atoms with Gasteiger partial charge in [-0.25, -0.2) is 0 Å². The van der Waals surface area contributed by atoms with E-state index in [1.54, 1.807) is 14.2 Å². The maximum absolute atomic E-state index is 12.0. The van der Waals surface area contributed by atoms with Crippen molar-refractivity contribution in [3.63, 3.8) is 0 Å². The zero-order chi connectivity index (χ0) is 12.0. The summed E-state index contributed by atoms with van der Waals surface area (Å²) in [7, 11) is 3.30. The number of carbonyl (C=O) groups excluding carboxylic acids is 1. The van der Waals surface area contributed by atoms with Gasteiger partial charge in [-0.15, -0.1) is 0 Å². The molecule has 0 aromatic carbocycles. The summed E-state index contributed by atoms with van der Waals surface area (Å²) in [6.07, 6.45) is 1.68. The first-order valence-corrected chi connectivity index (χ1v) is 5.73. The lowest BCUT2D eigenvalue weighted by atomic mass is 10.3. The van der Waals surface area contributed by atoms with Crippen LogP contribution in [0.2, 0.25) is 0 Å². The van der Waals surface area contributed by atoms with Crippen LogP contribution in [0.25, 0.3) is 0 Å². The molecule has 2 atom stereocenters. The Bertz CT molecular complexity index is 223. The normalized spacial score (nSPS) is 23.2. The molecule has 1 aliphatic carbocycles. The van der Waals surface area contributed by atoms with Crippen LogP contribution in [-0.2, 0) is 14.3 Å². The Hall–Kier alpha value is -0.650. The minimum Gasteiger partial charge on any atom is -0.385 e. The van der Waals surface area contributed by atoms with Gasteiger partial charge in [0.05, 0.1) is 12.5 Å². The Morgan fingerprint density at radius 2 is 1.94 bits per heavy atom. The minimum absolute atomic E-state index is 0.0411. The van der Waals surface area contributed by atoms with Gasteiger partial charge < -0.3 is 20.1 Å². The number of nitrogens with two attached hydrogens (primary N) is 1. The Morgan fingerprint density at radius 3 is 2.44 bits per heavy atom. The van der Waals surface area contributed by atoms with Crippen molar-refractivity contribution in [3.8, 4) is 0 Å². The van der Waals surface area contributed by atoms with Gasteiger partial charge in [-0.1, -0.05) is 0 Å². The lowest BCUT2D eigenvalue weighted by Crippen LogP contribution is -2.37. The lowest BCUT2D eigenvalue weighted by Gasteiger charge is -2.22. The third kappa shape index (κ3) is 4.08. The highest BCUT2D eigenvalue weighted by Crippen LogP contribution is 2.29. The molecule has 1 amide bonds. The van der Waals surface area contributed by atoms with Crippen LogP contribution in [-0.4, -0.2) is 57.4 Å². The largest absolute Gasteiger partial charge is 0.385 e. The van der Waals surface area contributed by atoms with Crippen LogP contribution in [0.5, 0.6) is 0 Å². The van der Waals surface area contributed by atoms with E-state index in [4.69, 9.17) is 15.2 Å². The van der Waals surface area contributed by atoms with Crippen LogP contribution in [0.15, 0.2) is 0 Å². The van der Waals surface area contributed by atoms with E-state index in [0.717, 1.165) is 19.4 Å². The van der Waals surface area contributed by atoms with E-state index in [9.17, 15) is 4.79 Å². The van der Waals surface area contributed by atoms with Gasteiger partial charge in [0.2, 0.25) is 5.91 Å². The van der Waals surface area contributed by atoms with Crippen molar-refractivity contribution in [1.29, 1.82) is 0 Å². The van der Waals surface area contributed by atoms with Crippen LogP contribution in [0, 0.1) is 5.92 Å². The number of hydrogen-bond acceptors (Lipinski definition) is 4. The van der Waals surface area contributed by atoms with Gasteiger partial charge in [-0.3, -0.25) is 4.79 Å². The van der Waals surface area contributed by atoms with Crippen molar-refractivity contribution in [2.24, 2.45) is 11.7 Å². The van der Waals surface area contributed by atoms with E-state index in [2.05, 4.69) is 0 Å². The van der Waals surface area contributed by atoms with E-state index in [0.29, 0.717) is 19.8 Å². The fourth-order valence-corrected chi connectivity index (χ4v) is 1.67. The summed E-state index contributed by atoms with van der Waals surface area (Å²) in [6, 6.07) is 0.0694. The molecule has 16 heavy (non-hydrogen) atoms. The van der Waals surface area contributed by atoms with E-state index >= 15 is 0 Å². The average Bonchev–Trinajstić information content (AvgIpc) is 3.00. The van der Waals surface area contributed by atoms with E-state index in [-0.39, 0.29) is 17.9 Å². The first-order valence-electron chi connectivity index (χ1n) is 5.73. The molecule has 2 N–H and O–H groups in total. The zero-order valence-electron chi connectivity index (χ0n) is 10.1. The van der Waals surface area contributed by atoms with Crippen LogP contribution in [0.3, 0.4) is 0 Å². The Morgan fingerprint density at radius 1 is 1.31 bits per heavy atom. The maximum atomic E-state index is 12.0. The molecule has 0 saturated heterocycles. The summed E-state index contributed by atoms with van der Waals surface area (Å²) in [5.74, 6) is 0.208. The molecule has 0 heterocycles. The summed E-state index contributed by atoms with van der Waals surface area (Å²) in [6.45, 7) is 2.61. The molecule has 1 saturated carbocycles. The number of carbonyl (C=O) groups is 1. The highest BCUT2D eigenvalue weighted by atomic mass is 16.5. The van der Waals surface area contributed by atoms with Gasteiger partial charge in [0.25, 0.3) is 0 Å². The molecule has 0 aromatic heterocycles. The summed E-state index contributed by atoms with van der Waals surface area (Å²) in [5, 5.41) is 0. The van der Waals surface area contributed by atoms with E-state index in [1.165, 1.54) is 0 Å². The van der Waals surface area contributed by atoms with Gasteiger partial charge >= 0.3 is 0 Å². The van der Waals surface area contributed by atoms with Gasteiger partial charge in [0.15, 0.2) is 0 Å². The Labute approximate surface area is 96.9 Å². The standard InChI is InChI=1S/C11H22N2O3/c1-15-6-3-4-13(5-7-16-2)11(14)9-8-10(9)12/h9-10H,3-8,12H2,1-2H3. The SMILES string of the molecule is COCCCN(CCOC)C(=O)C1CC1N. The summed E-state index contributed by atoms with van der Waals surface area (Å²) < 4.78 is 9.98. The highest BCUT2D eigenvalue weighted by Gasteiger charge is 2.42. The Balaban J connectivity index is 2.33. The number of rotatable bonds is 8. The third-order valence-corrected chi connectivity index (χ3v) is 2.81. The molecule has 2 unspecified atom stereocenters. The summed E-state index contributed by atoms with van der Waals surface area (Å²) >= 11 is 0. The number of nitrogens with zero attached hydrogens (tertiary/aromatic N) is 1. The van der Waals surface area contributed by atoms with Crippen LogP contribution in [0.4, 0.5) is 0 Å². The van der Waals surface area contributed by atoms with Gasteiger partial charge in [0, 0.05) is 40.0 Å². The monoisotopic (exact) mass is 230 g/mol. The number of methoxy groups -OCH3 is 2. The quantitative estimate of drug-likeness (QED) is 0.589. The van der Waals surface area contributed by atoms with Crippen molar-refractivity contribution in [3.05, 3.63) is 0 Å². The predicted molar refractivity (Wildman–Crippen MR) is 61.0 cm³/mol. The Kier molecular flexibility index (Phi) is 5.73. The second-order valence-electron chi connectivity index (χ2n) is 4.17. The molecule has 0 aliphatic heterocycles. The molecule has 1 rings (SSSR count).